The van der Waals surface area contributed by atoms with Gasteiger partial charge in [0.15, 0.2) is 0 Å². The van der Waals surface area contributed by atoms with Crippen LogP contribution in [0.3, 0.4) is 0 Å². The van der Waals surface area contributed by atoms with E-state index in [1.807, 2.05) is 32.9 Å². The normalized spacial score (nSPS) is 16.0. The van der Waals surface area contributed by atoms with Crippen LogP contribution in [-0.2, 0) is 11.3 Å². The molecule has 1 aliphatic carbocycles. The molecule has 0 aromatic heterocycles. The quantitative estimate of drug-likeness (QED) is 0.748. The Kier molecular flexibility index (Phi) is 7.44. The van der Waals surface area contributed by atoms with Gasteiger partial charge in [0, 0.05) is 24.1 Å². The molecule has 2 rings (SSSR count). The van der Waals surface area contributed by atoms with Crippen molar-refractivity contribution in [2.75, 3.05) is 6.54 Å². The molecule has 5 nitrogen and oxygen atoms in total. The third-order valence-electron chi connectivity index (χ3n) is 4.68. The molecule has 25 heavy (non-hydrogen) atoms. The zero-order chi connectivity index (χ0) is 17.8. The van der Waals surface area contributed by atoms with Crippen LogP contribution in [0.4, 0.5) is 0 Å². The van der Waals surface area contributed by atoms with Crippen LogP contribution in [0.15, 0.2) is 24.3 Å². The lowest BCUT2D eigenvalue weighted by Crippen LogP contribution is -2.51. The lowest BCUT2D eigenvalue weighted by molar-refractivity contribution is -0.128. The molecule has 0 atom stereocenters. The standard InChI is InChI=1S/C19H29N3O2.ClH/c1-18(2,3)17(24)21-12-14-6-8-15(9-7-14)16(23)22-19(13-20)10-4-5-11-19;/h6-9H,4-5,10-13,20H2,1-3H3,(H,21,24)(H,22,23);1H. The predicted molar refractivity (Wildman–Crippen MR) is 103 cm³/mol. The number of carbonyl (C=O) groups is 2. The Labute approximate surface area is 156 Å². The molecule has 4 N–H and O–H groups in total. The van der Waals surface area contributed by atoms with Crippen molar-refractivity contribution in [1.29, 1.82) is 0 Å². The molecule has 2 amide bonds. The SMILES string of the molecule is CC(C)(C)C(=O)NCc1ccc(C(=O)NC2(CN)CCCC2)cc1.Cl. The minimum absolute atomic E-state index is 0. The lowest BCUT2D eigenvalue weighted by Gasteiger charge is -2.28. The highest BCUT2D eigenvalue weighted by atomic mass is 35.5. The third kappa shape index (κ3) is 5.72. The number of hydrogen-bond donors (Lipinski definition) is 3. The van der Waals surface area contributed by atoms with E-state index in [1.165, 1.54) is 0 Å². The highest BCUT2D eigenvalue weighted by Crippen LogP contribution is 2.28. The summed E-state index contributed by atoms with van der Waals surface area (Å²) in [7, 11) is 0. The van der Waals surface area contributed by atoms with Gasteiger partial charge in [-0.2, -0.15) is 0 Å². The van der Waals surface area contributed by atoms with Crippen LogP contribution in [0.2, 0.25) is 0 Å². The maximum absolute atomic E-state index is 12.4. The number of nitrogens with one attached hydrogen (secondary N) is 2. The van der Waals surface area contributed by atoms with E-state index in [2.05, 4.69) is 10.6 Å². The summed E-state index contributed by atoms with van der Waals surface area (Å²) in [6.45, 7) is 6.59. The first-order valence-corrected chi connectivity index (χ1v) is 8.66. The van der Waals surface area contributed by atoms with Gasteiger partial charge in [-0.15, -0.1) is 12.4 Å². The second-order valence-electron chi connectivity index (χ2n) is 7.78. The van der Waals surface area contributed by atoms with Crippen LogP contribution < -0.4 is 16.4 Å². The molecule has 6 heteroatoms. The fourth-order valence-corrected chi connectivity index (χ4v) is 2.97. The van der Waals surface area contributed by atoms with Gasteiger partial charge in [-0.25, -0.2) is 0 Å². The van der Waals surface area contributed by atoms with E-state index in [-0.39, 0.29) is 29.8 Å². The molecular formula is C19H30ClN3O2. The molecule has 1 saturated carbocycles. The fraction of sp³-hybridized carbons (Fsp3) is 0.579. The summed E-state index contributed by atoms with van der Waals surface area (Å²) in [5.41, 5.74) is 6.82. The largest absolute Gasteiger partial charge is 0.352 e. The van der Waals surface area contributed by atoms with Crippen molar-refractivity contribution in [2.24, 2.45) is 11.1 Å². The molecule has 1 fully saturated rings. The van der Waals surface area contributed by atoms with Gasteiger partial charge < -0.3 is 16.4 Å². The van der Waals surface area contributed by atoms with Gasteiger partial charge in [0.2, 0.25) is 5.91 Å². The van der Waals surface area contributed by atoms with Crippen molar-refractivity contribution < 1.29 is 9.59 Å². The molecule has 140 valence electrons. The predicted octanol–water partition coefficient (Wildman–Crippen LogP) is 2.77. The molecule has 0 aliphatic heterocycles. The first-order valence-electron chi connectivity index (χ1n) is 8.66. The van der Waals surface area contributed by atoms with Crippen LogP contribution in [0, 0.1) is 5.41 Å². The average molecular weight is 368 g/mol. The molecule has 0 saturated heterocycles. The molecule has 0 bridgehead atoms. The molecule has 0 spiro atoms. The van der Waals surface area contributed by atoms with E-state index in [1.54, 1.807) is 12.1 Å². The summed E-state index contributed by atoms with van der Waals surface area (Å²) in [6.07, 6.45) is 4.13. The highest BCUT2D eigenvalue weighted by molar-refractivity contribution is 5.94. The Hall–Kier alpha value is -1.59. The van der Waals surface area contributed by atoms with E-state index >= 15 is 0 Å². The van der Waals surface area contributed by atoms with Gasteiger partial charge >= 0.3 is 0 Å². The van der Waals surface area contributed by atoms with E-state index in [0.717, 1.165) is 31.2 Å². The van der Waals surface area contributed by atoms with Crippen LogP contribution in [0.1, 0.15) is 62.4 Å². The summed E-state index contributed by atoms with van der Waals surface area (Å²) >= 11 is 0. The Bertz CT molecular complexity index is 588. The van der Waals surface area contributed by atoms with Crippen LogP contribution in [-0.4, -0.2) is 23.9 Å². The van der Waals surface area contributed by atoms with Gasteiger partial charge in [-0.1, -0.05) is 45.7 Å². The summed E-state index contributed by atoms with van der Waals surface area (Å²) in [4.78, 5) is 24.3. The number of nitrogens with two attached hydrogens (primary N) is 1. The van der Waals surface area contributed by atoms with Crippen LogP contribution >= 0.6 is 12.4 Å². The Morgan fingerprint density at radius 1 is 1.12 bits per heavy atom. The second-order valence-corrected chi connectivity index (χ2v) is 7.78. The average Bonchev–Trinajstić information content (AvgIpc) is 3.01. The van der Waals surface area contributed by atoms with Gasteiger partial charge in [0.25, 0.3) is 5.91 Å². The maximum atomic E-state index is 12.4. The summed E-state index contributed by atoms with van der Waals surface area (Å²) in [6, 6.07) is 7.35. The van der Waals surface area contributed by atoms with Gasteiger partial charge in [-0.05, 0) is 30.5 Å². The first-order chi connectivity index (χ1) is 11.3. The molecule has 1 aliphatic rings. The monoisotopic (exact) mass is 367 g/mol. The minimum atomic E-state index is -0.405. The first kappa shape index (κ1) is 21.5. The van der Waals surface area contributed by atoms with Crippen molar-refractivity contribution in [1.82, 2.24) is 10.6 Å². The number of carbonyl (C=O) groups excluding carboxylic acids is 2. The van der Waals surface area contributed by atoms with Crippen molar-refractivity contribution in [2.45, 2.75) is 58.5 Å². The Morgan fingerprint density at radius 2 is 1.68 bits per heavy atom. The molecule has 0 unspecified atom stereocenters. The van der Waals surface area contributed by atoms with Gasteiger partial charge in [0.1, 0.15) is 0 Å². The van der Waals surface area contributed by atoms with E-state index < -0.39 is 5.41 Å². The zero-order valence-electron chi connectivity index (χ0n) is 15.4. The maximum Gasteiger partial charge on any atom is 0.251 e. The molecular weight excluding hydrogens is 338 g/mol. The number of amides is 2. The van der Waals surface area contributed by atoms with E-state index in [0.29, 0.717) is 18.7 Å². The van der Waals surface area contributed by atoms with Gasteiger partial charge in [-0.3, -0.25) is 9.59 Å². The number of rotatable bonds is 5. The lowest BCUT2D eigenvalue weighted by atomic mass is 9.95. The number of benzene rings is 1. The Balaban J connectivity index is 0.00000312. The van der Waals surface area contributed by atoms with Crippen LogP contribution in [0.25, 0.3) is 0 Å². The summed E-state index contributed by atoms with van der Waals surface area (Å²) in [5, 5.41) is 6.02. The van der Waals surface area contributed by atoms with Crippen LogP contribution in [0.5, 0.6) is 0 Å². The Morgan fingerprint density at radius 3 is 2.16 bits per heavy atom. The topological polar surface area (TPSA) is 84.2 Å². The second kappa shape index (κ2) is 8.68. The van der Waals surface area contributed by atoms with Crippen molar-refractivity contribution in [3.05, 3.63) is 35.4 Å². The van der Waals surface area contributed by atoms with Crippen molar-refractivity contribution >= 4 is 24.2 Å². The molecule has 1 aromatic carbocycles. The summed E-state index contributed by atoms with van der Waals surface area (Å²) < 4.78 is 0. The zero-order valence-corrected chi connectivity index (χ0v) is 16.2. The smallest absolute Gasteiger partial charge is 0.251 e. The molecule has 1 aromatic rings. The summed E-state index contributed by atoms with van der Waals surface area (Å²) in [5.74, 6) is -0.0666. The fourth-order valence-electron chi connectivity index (χ4n) is 2.97. The van der Waals surface area contributed by atoms with E-state index in [4.69, 9.17) is 5.73 Å². The van der Waals surface area contributed by atoms with Crippen molar-refractivity contribution in [3.8, 4) is 0 Å². The molecule has 0 radical (unpaired) electrons. The van der Waals surface area contributed by atoms with E-state index in [9.17, 15) is 9.59 Å². The third-order valence-corrected chi connectivity index (χ3v) is 4.68. The van der Waals surface area contributed by atoms with Crippen molar-refractivity contribution in [3.63, 3.8) is 0 Å². The van der Waals surface area contributed by atoms with Gasteiger partial charge in [0.05, 0.1) is 5.54 Å². The number of hydrogen-bond acceptors (Lipinski definition) is 3. The minimum Gasteiger partial charge on any atom is -0.352 e. The molecule has 0 heterocycles. The highest BCUT2D eigenvalue weighted by Gasteiger charge is 2.34. The number of halogens is 1.